The van der Waals surface area contributed by atoms with E-state index in [1.54, 1.807) is 21.9 Å². The summed E-state index contributed by atoms with van der Waals surface area (Å²) in [6.07, 6.45) is 5.80. The lowest BCUT2D eigenvalue weighted by Crippen LogP contribution is -2.32. The zero-order chi connectivity index (χ0) is 30.1. The topological polar surface area (TPSA) is 167 Å². The molecular formula is C29H23N4O9+. The number of rotatable bonds is 8. The summed E-state index contributed by atoms with van der Waals surface area (Å²) in [4.78, 5) is 61.7. The van der Waals surface area contributed by atoms with E-state index in [-0.39, 0.29) is 28.7 Å². The Kier molecular flexibility index (Phi) is 7.32. The largest absolute Gasteiger partial charge is 0.439 e. The molecule has 3 aromatic rings. The van der Waals surface area contributed by atoms with Crippen molar-refractivity contribution in [3.05, 3.63) is 110 Å². The van der Waals surface area contributed by atoms with Crippen molar-refractivity contribution in [1.82, 2.24) is 4.90 Å². The third kappa shape index (κ3) is 5.10. The van der Waals surface area contributed by atoms with Crippen molar-refractivity contribution < 1.29 is 38.0 Å². The summed E-state index contributed by atoms with van der Waals surface area (Å²) in [6.45, 7) is 4.47. The molecule has 0 spiro atoms. The standard InChI is InChI=1S/C29H23N4O9/c1-3-30-15-23(17-5-9-19(10-6-17)32(37)38)41-25(30)13-21-27(34)22(29(36)28(21)35)14-26-31(4-2)16-24(42-26)18-7-11-20(12-8-18)33(39)40/h5-16,21H,3-4H2,1-2H3/q+1/b22-14-,25-13-. The van der Waals surface area contributed by atoms with Crippen molar-refractivity contribution in [3.63, 3.8) is 0 Å². The first-order valence-corrected chi connectivity index (χ1v) is 12.9. The van der Waals surface area contributed by atoms with Crippen molar-refractivity contribution in [3.8, 4) is 11.3 Å². The Hall–Kier alpha value is -5.72. The van der Waals surface area contributed by atoms with Crippen LogP contribution < -0.4 is 4.57 Å². The number of non-ortho nitro benzene ring substituents is 2. The lowest BCUT2D eigenvalue weighted by atomic mass is 10.1. The quantitative estimate of drug-likeness (QED) is 0.0733. The average Bonchev–Trinajstić information content (AvgIpc) is 3.66. The summed E-state index contributed by atoms with van der Waals surface area (Å²) in [6, 6.07) is 11.4. The van der Waals surface area contributed by atoms with Gasteiger partial charge in [-0.15, -0.1) is 0 Å². The predicted octanol–water partition coefficient (Wildman–Crippen LogP) is 3.98. The molecule has 1 aromatic heterocycles. The summed E-state index contributed by atoms with van der Waals surface area (Å²) in [5.74, 6) is -2.95. The van der Waals surface area contributed by atoms with Gasteiger partial charge in [0.2, 0.25) is 23.5 Å². The Morgan fingerprint density at radius 3 is 2.05 bits per heavy atom. The summed E-state index contributed by atoms with van der Waals surface area (Å²) in [5, 5.41) is 21.9. The second-order valence-corrected chi connectivity index (χ2v) is 9.31. The van der Waals surface area contributed by atoms with Gasteiger partial charge in [-0.2, -0.15) is 4.57 Å². The minimum absolute atomic E-state index is 0.0822. The maximum absolute atomic E-state index is 13.3. The number of oxazole rings is 1. The molecule has 1 saturated carbocycles. The number of carbonyl (C=O) groups is 3. The summed E-state index contributed by atoms with van der Waals surface area (Å²) in [7, 11) is 0. The van der Waals surface area contributed by atoms with Crippen LogP contribution in [-0.2, 0) is 25.7 Å². The zero-order valence-corrected chi connectivity index (χ0v) is 22.4. The van der Waals surface area contributed by atoms with E-state index in [9.17, 15) is 34.6 Å². The van der Waals surface area contributed by atoms with Crippen LogP contribution in [0.2, 0.25) is 0 Å². The number of hydrogen-bond acceptors (Lipinski definition) is 10. The molecule has 0 amide bonds. The highest BCUT2D eigenvalue weighted by Crippen LogP contribution is 2.33. The van der Waals surface area contributed by atoms with Gasteiger partial charge in [-0.05, 0) is 44.2 Å². The van der Waals surface area contributed by atoms with E-state index in [4.69, 9.17) is 9.15 Å². The number of aryl methyl sites for hydroxylation is 1. The Morgan fingerprint density at radius 2 is 1.50 bits per heavy atom. The third-order valence-electron chi connectivity index (χ3n) is 6.82. The number of aromatic nitrogens is 1. The van der Waals surface area contributed by atoms with Crippen LogP contribution in [-0.4, -0.2) is 38.6 Å². The highest BCUT2D eigenvalue weighted by molar-refractivity contribution is 6.61. The van der Waals surface area contributed by atoms with Gasteiger partial charge in [0.1, 0.15) is 12.5 Å². The fourth-order valence-electron chi connectivity index (χ4n) is 4.53. The zero-order valence-electron chi connectivity index (χ0n) is 22.4. The molecule has 2 aliphatic rings. The molecule has 13 heteroatoms. The van der Waals surface area contributed by atoms with Crippen LogP contribution in [0.4, 0.5) is 11.4 Å². The van der Waals surface area contributed by atoms with Crippen LogP contribution in [0.3, 0.4) is 0 Å². The number of ether oxygens (including phenoxy) is 1. The smallest absolute Gasteiger partial charge is 0.374 e. The van der Waals surface area contributed by atoms with Crippen LogP contribution in [0, 0.1) is 26.1 Å². The van der Waals surface area contributed by atoms with E-state index >= 15 is 0 Å². The molecular weight excluding hydrogens is 548 g/mol. The molecule has 0 saturated heterocycles. The number of allylic oxidation sites excluding steroid dienone is 2. The molecule has 212 valence electrons. The van der Waals surface area contributed by atoms with Gasteiger partial charge in [0.25, 0.3) is 11.4 Å². The van der Waals surface area contributed by atoms with E-state index in [0.29, 0.717) is 35.7 Å². The first-order chi connectivity index (χ1) is 20.1. The SMILES string of the molecule is CCN1C=C(c2ccc([N+](=O)[O-])cc2)O/C1=C\C1C(=O)C(=O)/C(=C\c2oc(-c3ccc([N+](=O)[O-])cc3)c[n+]2CC)C1=O. The molecule has 0 bridgehead atoms. The van der Waals surface area contributed by atoms with Crippen LogP contribution in [0.15, 0.2) is 82.9 Å². The van der Waals surface area contributed by atoms with Gasteiger partial charge >= 0.3 is 5.89 Å². The first-order valence-electron chi connectivity index (χ1n) is 12.9. The third-order valence-corrected chi connectivity index (χ3v) is 6.82. The van der Waals surface area contributed by atoms with E-state index < -0.39 is 33.1 Å². The molecule has 1 aliphatic heterocycles. The van der Waals surface area contributed by atoms with Gasteiger partial charge in [0, 0.05) is 41.9 Å². The number of hydrogen-bond donors (Lipinski definition) is 0. The minimum Gasteiger partial charge on any atom is -0.439 e. The maximum Gasteiger partial charge on any atom is 0.374 e. The van der Waals surface area contributed by atoms with Gasteiger partial charge in [-0.1, -0.05) is 0 Å². The Balaban J connectivity index is 1.41. The van der Waals surface area contributed by atoms with E-state index in [0.717, 1.165) is 0 Å². The number of carbonyl (C=O) groups excluding carboxylic acids is 3. The van der Waals surface area contributed by atoms with Crippen LogP contribution >= 0.6 is 0 Å². The fourth-order valence-corrected chi connectivity index (χ4v) is 4.53. The number of nitro benzene ring substituents is 2. The molecule has 42 heavy (non-hydrogen) atoms. The van der Waals surface area contributed by atoms with E-state index in [2.05, 4.69) is 0 Å². The van der Waals surface area contributed by atoms with Crippen molar-refractivity contribution in [1.29, 1.82) is 0 Å². The van der Waals surface area contributed by atoms with Crippen molar-refractivity contribution >= 4 is 40.6 Å². The van der Waals surface area contributed by atoms with Gasteiger partial charge in [-0.3, -0.25) is 34.6 Å². The van der Waals surface area contributed by atoms with Gasteiger partial charge in [0.15, 0.2) is 17.4 Å². The second-order valence-electron chi connectivity index (χ2n) is 9.31. The van der Waals surface area contributed by atoms with Gasteiger partial charge in [0.05, 0.1) is 27.7 Å². The maximum atomic E-state index is 13.3. The highest BCUT2D eigenvalue weighted by atomic mass is 16.6. The predicted molar refractivity (Wildman–Crippen MR) is 146 cm³/mol. The summed E-state index contributed by atoms with van der Waals surface area (Å²) < 4.78 is 13.4. The average molecular weight is 572 g/mol. The molecule has 5 rings (SSSR count). The van der Waals surface area contributed by atoms with E-state index in [1.165, 1.54) is 60.7 Å². The molecule has 1 atom stereocenters. The molecule has 1 unspecified atom stereocenters. The van der Waals surface area contributed by atoms with Crippen molar-refractivity contribution in [2.45, 2.75) is 20.4 Å². The molecule has 13 nitrogen and oxygen atoms in total. The van der Waals surface area contributed by atoms with Crippen LogP contribution in [0.1, 0.15) is 25.3 Å². The number of nitro groups is 2. The lowest BCUT2D eigenvalue weighted by molar-refractivity contribution is -0.698. The molecule has 1 aliphatic carbocycles. The Labute approximate surface area is 237 Å². The highest BCUT2D eigenvalue weighted by Gasteiger charge is 2.45. The fraction of sp³-hybridized carbons (Fsp3) is 0.172. The normalized spacial score (nSPS) is 18.6. The first kappa shape index (κ1) is 27.8. The summed E-state index contributed by atoms with van der Waals surface area (Å²) in [5.41, 5.74) is 0.595. The molecule has 1 fully saturated rings. The van der Waals surface area contributed by atoms with Gasteiger partial charge in [-0.25, -0.2) is 0 Å². The number of benzene rings is 2. The molecule has 0 radical (unpaired) electrons. The monoisotopic (exact) mass is 571 g/mol. The lowest BCUT2D eigenvalue weighted by Gasteiger charge is -2.14. The Morgan fingerprint density at radius 1 is 0.905 bits per heavy atom. The van der Waals surface area contributed by atoms with Crippen molar-refractivity contribution in [2.24, 2.45) is 5.92 Å². The minimum atomic E-state index is -1.41. The number of nitrogens with zero attached hydrogens (tertiary/aromatic N) is 4. The molecule has 0 N–H and O–H groups in total. The molecule has 2 heterocycles. The van der Waals surface area contributed by atoms with Crippen LogP contribution in [0.25, 0.3) is 23.2 Å². The van der Waals surface area contributed by atoms with Gasteiger partial charge < -0.3 is 14.1 Å². The Bertz CT molecular complexity index is 1730. The number of ketones is 3. The van der Waals surface area contributed by atoms with E-state index in [1.807, 2.05) is 13.8 Å². The number of Topliss-reactive ketones (excluding diaryl/α,β-unsaturated/α-hetero) is 3. The summed E-state index contributed by atoms with van der Waals surface area (Å²) >= 11 is 0. The molecule has 2 aromatic carbocycles. The van der Waals surface area contributed by atoms with Crippen molar-refractivity contribution in [2.75, 3.05) is 6.54 Å². The second kappa shape index (κ2) is 11.0. The van der Waals surface area contributed by atoms with Crippen LogP contribution in [0.5, 0.6) is 0 Å².